The number of aryl methyl sites for hydroxylation is 1. The van der Waals surface area contributed by atoms with Gasteiger partial charge in [0.05, 0.1) is 15.2 Å². The number of likely N-dealkylation sites (tertiary alicyclic amines) is 1. The zero-order valence-electron chi connectivity index (χ0n) is 21.2. The summed E-state index contributed by atoms with van der Waals surface area (Å²) in [6.07, 6.45) is 17.4. The molecule has 0 spiro atoms. The maximum absolute atomic E-state index is 12.9. The fraction of sp³-hybridized carbons (Fsp3) is 0.655. The summed E-state index contributed by atoms with van der Waals surface area (Å²) in [6.45, 7) is 7.97. The molecule has 34 heavy (non-hydrogen) atoms. The molecule has 4 rings (SSSR count). The molecule has 2 aromatic rings. The van der Waals surface area contributed by atoms with Crippen LogP contribution in [0, 0.1) is 5.92 Å². The Balaban J connectivity index is 1.30. The number of amides is 1. The van der Waals surface area contributed by atoms with Crippen molar-refractivity contribution in [1.82, 2.24) is 15.2 Å². The van der Waals surface area contributed by atoms with Gasteiger partial charge in [0.25, 0.3) is 0 Å². The average molecular weight is 482 g/mol. The molecule has 4 nitrogen and oxygen atoms in total. The smallest absolute Gasteiger partial charge is 0.220 e. The van der Waals surface area contributed by atoms with Crippen molar-refractivity contribution < 1.29 is 4.79 Å². The Morgan fingerprint density at radius 1 is 1.12 bits per heavy atom. The normalized spacial score (nSPS) is 19.3. The number of hydrogen-bond donors (Lipinski definition) is 1. The summed E-state index contributed by atoms with van der Waals surface area (Å²) < 4.78 is 1.24. The van der Waals surface area contributed by atoms with Crippen molar-refractivity contribution in [2.45, 2.75) is 96.4 Å². The van der Waals surface area contributed by atoms with Crippen molar-refractivity contribution in [2.75, 3.05) is 19.6 Å². The molecule has 2 fully saturated rings. The van der Waals surface area contributed by atoms with Crippen LogP contribution in [0.2, 0.25) is 0 Å². The van der Waals surface area contributed by atoms with Crippen LogP contribution in [-0.2, 0) is 11.2 Å². The second-order valence-corrected chi connectivity index (χ2v) is 11.7. The Morgan fingerprint density at radius 3 is 2.65 bits per heavy atom. The fourth-order valence-corrected chi connectivity index (χ4v) is 6.48. The third kappa shape index (κ3) is 7.39. The van der Waals surface area contributed by atoms with Crippen molar-refractivity contribution in [2.24, 2.45) is 5.92 Å². The van der Waals surface area contributed by atoms with Crippen LogP contribution in [0.4, 0.5) is 0 Å². The van der Waals surface area contributed by atoms with Gasteiger partial charge >= 0.3 is 0 Å². The monoisotopic (exact) mass is 481 g/mol. The van der Waals surface area contributed by atoms with E-state index >= 15 is 0 Å². The first kappa shape index (κ1) is 25.4. The van der Waals surface area contributed by atoms with Crippen molar-refractivity contribution in [3.05, 3.63) is 40.9 Å². The standard InChI is InChI=1S/C29H43N3OS/c1-22(2)24-14-15-26-27(21-24)34-29(31-26)17-16-28(33)30-25(23-11-5-3-6-12-23)13-7-10-20-32-18-8-4-9-19-32/h7,10,14-15,21-23,25H,3-6,8-9,11-13,16-20H2,1-2H3,(H,30,33)/b10-7+. The molecule has 0 bridgehead atoms. The number of piperidine rings is 1. The summed E-state index contributed by atoms with van der Waals surface area (Å²) in [7, 11) is 0. The number of nitrogens with one attached hydrogen (secondary N) is 1. The van der Waals surface area contributed by atoms with Crippen LogP contribution in [0.25, 0.3) is 10.2 Å². The molecule has 1 saturated carbocycles. The lowest BCUT2D eigenvalue weighted by atomic mass is 9.82. The number of rotatable bonds is 10. The highest BCUT2D eigenvalue weighted by molar-refractivity contribution is 7.18. The van der Waals surface area contributed by atoms with E-state index in [2.05, 4.69) is 54.4 Å². The highest BCUT2D eigenvalue weighted by atomic mass is 32.1. The summed E-state index contributed by atoms with van der Waals surface area (Å²) >= 11 is 1.74. The number of thiazole rings is 1. The van der Waals surface area contributed by atoms with E-state index in [0.717, 1.165) is 29.9 Å². The van der Waals surface area contributed by atoms with Crippen LogP contribution in [-0.4, -0.2) is 41.5 Å². The second kappa shape index (κ2) is 12.8. The van der Waals surface area contributed by atoms with Gasteiger partial charge in [0.15, 0.2) is 0 Å². The largest absolute Gasteiger partial charge is 0.353 e. The highest BCUT2D eigenvalue weighted by Gasteiger charge is 2.24. The van der Waals surface area contributed by atoms with Gasteiger partial charge in [-0.15, -0.1) is 11.3 Å². The molecular weight excluding hydrogens is 438 g/mol. The lowest BCUT2D eigenvalue weighted by Crippen LogP contribution is -2.41. The molecule has 1 aliphatic heterocycles. The molecule has 1 N–H and O–H groups in total. The molecule has 1 amide bonds. The Morgan fingerprint density at radius 2 is 1.88 bits per heavy atom. The number of carbonyl (C=O) groups excluding carboxylic acids is 1. The predicted molar refractivity (Wildman–Crippen MR) is 145 cm³/mol. The van der Waals surface area contributed by atoms with Crippen molar-refractivity contribution in [3.63, 3.8) is 0 Å². The zero-order valence-corrected chi connectivity index (χ0v) is 22.0. The van der Waals surface area contributed by atoms with Crippen LogP contribution in [0.15, 0.2) is 30.4 Å². The number of fused-ring (bicyclic) bond motifs is 1. The van der Waals surface area contributed by atoms with Gasteiger partial charge in [-0.1, -0.05) is 57.7 Å². The van der Waals surface area contributed by atoms with Gasteiger partial charge < -0.3 is 5.32 Å². The van der Waals surface area contributed by atoms with Gasteiger partial charge in [0.2, 0.25) is 5.91 Å². The van der Waals surface area contributed by atoms with Crippen LogP contribution in [0.1, 0.15) is 94.5 Å². The predicted octanol–water partition coefficient (Wildman–Crippen LogP) is 6.85. The number of aromatic nitrogens is 1. The molecular formula is C29H43N3OS. The van der Waals surface area contributed by atoms with Crippen LogP contribution in [0.5, 0.6) is 0 Å². The van der Waals surface area contributed by atoms with Gasteiger partial charge in [-0.2, -0.15) is 0 Å². The second-order valence-electron chi connectivity index (χ2n) is 10.6. The van der Waals surface area contributed by atoms with Gasteiger partial charge in [-0.3, -0.25) is 9.69 Å². The molecule has 1 saturated heterocycles. The zero-order chi connectivity index (χ0) is 23.8. The molecule has 0 radical (unpaired) electrons. The summed E-state index contributed by atoms with van der Waals surface area (Å²) in [5.74, 6) is 1.32. The van der Waals surface area contributed by atoms with Gasteiger partial charge in [-0.25, -0.2) is 4.98 Å². The Hall–Kier alpha value is -1.72. The van der Waals surface area contributed by atoms with E-state index in [0.29, 0.717) is 18.3 Å². The molecule has 1 unspecified atom stereocenters. The SMILES string of the molecule is CC(C)c1ccc2nc(CCC(=O)NC(C/C=C/CN3CCCCC3)C3CCCCC3)sc2c1. The van der Waals surface area contributed by atoms with E-state index in [1.54, 1.807) is 11.3 Å². The van der Waals surface area contributed by atoms with Gasteiger partial charge in [0.1, 0.15) is 0 Å². The third-order valence-electron chi connectivity index (χ3n) is 7.62. The van der Waals surface area contributed by atoms with E-state index in [1.807, 2.05) is 0 Å². The first-order valence-corrected chi connectivity index (χ1v) is 14.5. The third-order valence-corrected chi connectivity index (χ3v) is 8.70. The van der Waals surface area contributed by atoms with E-state index in [-0.39, 0.29) is 11.9 Å². The summed E-state index contributed by atoms with van der Waals surface area (Å²) in [5.41, 5.74) is 2.41. The molecule has 2 heterocycles. The lowest BCUT2D eigenvalue weighted by Gasteiger charge is -2.30. The molecule has 1 aromatic carbocycles. The van der Waals surface area contributed by atoms with Crippen molar-refractivity contribution in [1.29, 1.82) is 0 Å². The minimum atomic E-state index is 0.183. The van der Waals surface area contributed by atoms with E-state index in [4.69, 9.17) is 4.98 Å². The van der Waals surface area contributed by atoms with E-state index in [9.17, 15) is 4.79 Å². The number of hydrogen-bond acceptors (Lipinski definition) is 4. The molecule has 5 heteroatoms. The van der Waals surface area contributed by atoms with Crippen LogP contribution in [0.3, 0.4) is 0 Å². The topological polar surface area (TPSA) is 45.2 Å². The van der Waals surface area contributed by atoms with Crippen LogP contribution < -0.4 is 5.32 Å². The minimum absolute atomic E-state index is 0.183. The lowest BCUT2D eigenvalue weighted by molar-refractivity contribution is -0.122. The van der Waals surface area contributed by atoms with Gasteiger partial charge in [0, 0.05) is 25.4 Å². The van der Waals surface area contributed by atoms with E-state index in [1.165, 1.54) is 74.7 Å². The Labute approximate surface area is 210 Å². The Kier molecular flexibility index (Phi) is 9.58. The minimum Gasteiger partial charge on any atom is -0.353 e. The van der Waals surface area contributed by atoms with Crippen molar-refractivity contribution >= 4 is 27.5 Å². The maximum Gasteiger partial charge on any atom is 0.220 e. The number of benzene rings is 1. The first-order valence-electron chi connectivity index (χ1n) is 13.6. The summed E-state index contributed by atoms with van der Waals surface area (Å²) in [5, 5.41) is 4.50. The fourth-order valence-electron chi connectivity index (χ4n) is 5.47. The molecule has 2 aliphatic rings. The summed E-state index contributed by atoms with van der Waals surface area (Å²) in [4.78, 5) is 20.3. The Bertz CT molecular complexity index is 938. The maximum atomic E-state index is 12.9. The van der Waals surface area contributed by atoms with Crippen molar-refractivity contribution in [3.8, 4) is 0 Å². The molecule has 1 aliphatic carbocycles. The van der Waals surface area contributed by atoms with E-state index < -0.39 is 0 Å². The molecule has 1 aromatic heterocycles. The number of nitrogens with zero attached hydrogens (tertiary/aromatic N) is 2. The first-order chi connectivity index (χ1) is 16.6. The molecule has 1 atom stereocenters. The molecule has 186 valence electrons. The average Bonchev–Trinajstić information content (AvgIpc) is 3.28. The van der Waals surface area contributed by atoms with Crippen LogP contribution >= 0.6 is 11.3 Å². The number of carbonyl (C=O) groups is 1. The summed E-state index contributed by atoms with van der Waals surface area (Å²) in [6, 6.07) is 6.84. The highest BCUT2D eigenvalue weighted by Crippen LogP contribution is 2.29. The van der Waals surface area contributed by atoms with Gasteiger partial charge in [-0.05, 0) is 74.7 Å². The quantitative estimate of drug-likeness (QED) is 0.377.